The molecule has 2 unspecified atom stereocenters. The number of amides is 1. The summed E-state index contributed by atoms with van der Waals surface area (Å²) in [4.78, 5) is 22.1. The predicted octanol–water partition coefficient (Wildman–Crippen LogP) is 1.27. The van der Waals surface area contributed by atoms with Gasteiger partial charge in [-0.2, -0.15) is 0 Å². The van der Waals surface area contributed by atoms with E-state index in [4.69, 9.17) is 4.74 Å². The minimum Gasteiger partial charge on any atom is -0.366 e. The molecule has 2 aliphatic heterocycles. The highest BCUT2D eigenvalue weighted by Gasteiger charge is 2.33. The number of aromatic nitrogens is 1. The van der Waals surface area contributed by atoms with Gasteiger partial charge in [-0.3, -0.25) is 14.7 Å². The van der Waals surface area contributed by atoms with Crippen LogP contribution in [0.25, 0.3) is 0 Å². The molecule has 2 fully saturated rings. The molecule has 1 aromatic heterocycles. The van der Waals surface area contributed by atoms with Crippen LogP contribution in [-0.2, 0) is 16.1 Å². The van der Waals surface area contributed by atoms with Crippen molar-refractivity contribution in [3.8, 4) is 0 Å². The van der Waals surface area contributed by atoms with E-state index in [0.717, 1.165) is 51.1 Å². The standard InChI is InChI=1S/C19H30N4O2/c1-2-22-12-13-25-18(15-22)19(24)23(14-16-6-3-4-10-21-16)17-7-5-9-20-11-8-17/h3-4,6,10,17-18,20H,2,5,7-9,11-15H2,1H3. The monoisotopic (exact) mass is 346 g/mol. The maximum Gasteiger partial charge on any atom is 0.253 e. The summed E-state index contributed by atoms with van der Waals surface area (Å²) >= 11 is 0. The van der Waals surface area contributed by atoms with Crippen LogP contribution in [0.2, 0.25) is 0 Å². The molecule has 1 N–H and O–H groups in total. The van der Waals surface area contributed by atoms with E-state index >= 15 is 0 Å². The van der Waals surface area contributed by atoms with Crippen molar-refractivity contribution in [3.63, 3.8) is 0 Å². The molecule has 0 saturated carbocycles. The molecule has 25 heavy (non-hydrogen) atoms. The van der Waals surface area contributed by atoms with Crippen LogP contribution in [0, 0.1) is 0 Å². The van der Waals surface area contributed by atoms with Crippen LogP contribution >= 0.6 is 0 Å². The summed E-state index contributed by atoms with van der Waals surface area (Å²) in [6, 6.07) is 6.14. The number of hydrogen-bond acceptors (Lipinski definition) is 5. The molecule has 3 rings (SSSR count). The molecule has 138 valence electrons. The smallest absolute Gasteiger partial charge is 0.253 e. The summed E-state index contributed by atoms with van der Waals surface area (Å²) in [6.45, 7) is 7.89. The van der Waals surface area contributed by atoms with Gasteiger partial charge < -0.3 is 15.0 Å². The van der Waals surface area contributed by atoms with E-state index in [-0.39, 0.29) is 18.1 Å². The van der Waals surface area contributed by atoms with Crippen molar-refractivity contribution in [2.24, 2.45) is 0 Å². The molecule has 2 atom stereocenters. The van der Waals surface area contributed by atoms with E-state index in [9.17, 15) is 4.79 Å². The van der Waals surface area contributed by atoms with Gasteiger partial charge in [0.25, 0.3) is 5.91 Å². The molecule has 0 bridgehead atoms. The number of carbonyl (C=O) groups is 1. The number of pyridine rings is 1. The third-order valence-corrected chi connectivity index (χ3v) is 5.20. The van der Waals surface area contributed by atoms with Gasteiger partial charge in [0.1, 0.15) is 6.10 Å². The lowest BCUT2D eigenvalue weighted by atomic mass is 10.1. The molecule has 0 radical (unpaired) electrons. The van der Waals surface area contributed by atoms with Gasteiger partial charge in [0.05, 0.1) is 18.8 Å². The first-order valence-electron chi connectivity index (χ1n) is 9.53. The Morgan fingerprint density at radius 1 is 1.40 bits per heavy atom. The summed E-state index contributed by atoms with van der Waals surface area (Å²) in [6.07, 6.45) is 4.57. The molecule has 6 nitrogen and oxygen atoms in total. The number of likely N-dealkylation sites (N-methyl/N-ethyl adjacent to an activating group) is 1. The largest absolute Gasteiger partial charge is 0.366 e. The van der Waals surface area contributed by atoms with Gasteiger partial charge in [0.15, 0.2) is 0 Å². The minimum atomic E-state index is -0.353. The Kier molecular flexibility index (Phi) is 6.78. The van der Waals surface area contributed by atoms with Crippen LogP contribution < -0.4 is 5.32 Å². The first-order valence-corrected chi connectivity index (χ1v) is 9.53. The third kappa shape index (κ3) is 5.00. The van der Waals surface area contributed by atoms with Crippen LogP contribution in [0.15, 0.2) is 24.4 Å². The molecule has 1 aromatic rings. The Balaban J connectivity index is 1.75. The zero-order valence-corrected chi connectivity index (χ0v) is 15.2. The second-order valence-corrected chi connectivity index (χ2v) is 6.87. The fourth-order valence-electron chi connectivity index (χ4n) is 3.69. The number of rotatable bonds is 5. The van der Waals surface area contributed by atoms with E-state index in [1.165, 1.54) is 0 Å². The van der Waals surface area contributed by atoms with Crippen LogP contribution in [0.3, 0.4) is 0 Å². The van der Waals surface area contributed by atoms with E-state index in [2.05, 4.69) is 22.1 Å². The number of nitrogens with one attached hydrogen (secondary N) is 1. The molecular weight excluding hydrogens is 316 g/mol. The molecule has 3 heterocycles. The van der Waals surface area contributed by atoms with Crippen LogP contribution in [0.5, 0.6) is 0 Å². The van der Waals surface area contributed by atoms with Crippen molar-refractivity contribution >= 4 is 5.91 Å². The average molecular weight is 346 g/mol. The minimum absolute atomic E-state index is 0.121. The van der Waals surface area contributed by atoms with Gasteiger partial charge in [-0.05, 0) is 51.0 Å². The molecule has 6 heteroatoms. The van der Waals surface area contributed by atoms with Gasteiger partial charge in [-0.1, -0.05) is 13.0 Å². The summed E-state index contributed by atoms with van der Waals surface area (Å²) in [5.41, 5.74) is 0.941. The van der Waals surface area contributed by atoms with Gasteiger partial charge in [0, 0.05) is 25.3 Å². The Hall–Kier alpha value is -1.50. The second-order valence-electron chi connectivity index (χ2n) is 6.87. The topological polar surface area (TPSA) is 57.7 Å². The Labute approximate surface area is 150 Å². The van der Waals surface area contributed by atoms with E-state index < -0.39 is 0 Å². The SMILES string of the molecule is CCN1CCOC(C(=O)N(Cc2ccccn2)C2CCCNCC2)C1. The lowest BCUT2D eigenvalue weighted by Crippen LogP contribution is -2.53. The quantitative estimate of drug-likeness (QED) is 0.870. The van der Waals surface area contributed by atoms with Gasteiger partial charge in [0.2, 0.25) is 0 Å². The zero-order chi connectivity index (χ0) is 17.5. The number of carbonyl (C=O) groups excluding carboxylic acids is 1. The highest BCUT2D eigenvalue weighted by Crippen LogP contribution is 2.19. The van der Waals surface area contributed by atoms with Crippen molar-refractivity contribution in [2.45, 2.75) is 44.9 Å². The number of ether oxygens (including phenoxy) is 1. The number of morpholine rings is 1. The maximum absolute atomic E-state index is 13.3. The lowest BCUT2D eigenvalue weighted by molar-refractivity contribution is -0.152. The molecule has 2 saturated heterocycles. The summed E-state index contributed by atoms with van der Waals surface area (Å²) in [5, 5.41) is 3.44. The summed E-state index contributed by atoms with van der Waals surface area (Å²) in [7, 11) is 0. The van der Waals surface area contributed by atoms with Crippen molar-refractivity contribution in [3.05, 3.63) is 30.1 Å². The molecule has 0 spiro atoms. The van der Waals surface area contributed by atoms with E-state index in [0.29, 0.717) is 19.7 Å². The number of nitrogens with zero attached hydrogens (tertiary/aromatic N) is 3. The highest BCUT2D eigenvalue weighted by molar-refractivity contribution is 5.81. The second kappa shape index (κ2) is 9.27. The molecule has 2 aliphatic rings. The molecule has 1 amide bonds. The zero-order valence-electron chi connectivity index (χ0n) is 15.2. The van der Waals surface area contributed by atoms with Gasteiger partial charge in [-0.25, -0.2) is 0 Å². The first kappa shape index (κ1) is 18.3. The summed E-state index contributed by atoms with van der Waals surface area (Å²) < 4.78 is 5.84. The summed E-state index contributed by atoms with van der Waals surface area (Å²) in [5.74, 6) is 0.121. The Morgan fingerprint density at radius 3 is 3.12 bits per heavy atom. The van der Waals surface area contributed by atoms with Crippen molar-refractivity contribution in [1.82, 2.24) is 20.1 Å². The van der Waals surface area contributed by atoms with Crippen molar-refractivity contribution in [1.29, 1.82) is 0 Å². The Morgan fingerprint density at radius 2 is 2.32 bits per heavy atom. The molecular formula is C19H30N4O2. The van der Waals surface area contributed by atoms with E-state index in [1.807, 2.05) is 23.1 Å². The van der Waals surface area contributed by atoms with E-state index in [1.54, 1.807) is 6.20 Å². The highest BCUT2D eigenvalue weighted by atomic mass is 16.5. The van der Waals surface area contributed by atoms with Crippen molar-refractivity contribution < 1.29 is 9.53 Å². The van der Waals surface area contributed by atoms with Crippen molar-refractivity contribution in [2.75, 3.05) is 39.3 Å². The van der Waals surface area contributed by atoms with Gasteiger partial charge >= 0.3 is 0 Å². The van der Waals surface area contributed by atoms with Crippen LogP contribution in [-0.4, -0.2) is 72.2 Å². The first-order chi connectivity index (χ1) is 12.3. The predicted molar refractivity (Wildman–Crippen MR) is 97.1 cm³/mol. The number of hydrogen-bond donors (Lipinski definition) is 1. The molecule has 0 aromatic carbocycles. The Bertz CT molecular complexity index is 531. The normalized spacial score (nSPS) is 25.3. The van der Waals surface area contributed by atoms with Gasteiger partial charge in [-0.15, -0.1) is 0 Å². The van der Waals surface area contributed by atoms with Crippen LogP contribution in [0.1, 0.15) is 31.9 Å². The maximum atomic E-state index is 13.3. The third-order valence-electron chi connectivity index (χ3n) is 5.20. The fourth-order valence-corrected chi connectivity index (χ4v) is 3.69. The van der Waals surface area contributed by atoms with Crippen LogP contribution in [0.4, 0.5) is 0 Å². The average Bonchev–Trinajstić information content (AvgIpc) is 2.96. The fraction of sp³-hybridized carbons (Fsp3) is 0.684. The lowest BCUT2D eigenvalue weighted by Gasteiger charge is -2.37. The molecule has 0 aliphatic carbocycles.